The third kappa shape index (κ3) is 2.84. The Morgan fingerprint density at radius 2 is 1.80 bits per heavy atom. The van der Waals surface area contributed by atoms with Crippen LogP contribution in [0, 0.1) is 0 Å². The summed E-state index contributed by atoms with van der Waals surface area (Å²) in [7, 11) is 1.70. The van der Waals surface area contributed by atoms with Crippen molar-refractivity contribution in [2.75, 3.05) is 20.2 Å². The highest BCUT2D eigenvalue weighted by Gasteiger charge is 2.38. The SMILES string of the molecule is CCC(N1CCCC1)C(N)(CC)c1ccc(OC)cc1. The Kier molecular flexibility index (Phi) is 5.06. The summed E-state index contributed by atoms with van der Waals surface area (Å²) in [5.41, 5.74) is 7.81. The van der Waals surface area contributed by atoms with Gasteiger partial charge in [0, 0.05) is 6.04 Å². The first kappa shape index (κ1) is 15.3. The molecule has 1 aliphatic rings. The third-order valence-electron chi connectivity index (χ3n) is 4.78. The van der Waals surface area contributed by atoms with Crippen LogP contribution in [0.25, 0.3) is 0 Å². The van der Waals surface area contributed by atoms with E-state index in [0.29, 0.717) is 6.04 Å². The largest absolute Gasteiger partial charge is 0.497 e. The average Bonchev–Trinajstić information content (AvgIpc) is 3.01. The van der Waals surface area contributed by atoms with Crippen LogP contribution in [0.1, 0.15) is 45.1 Å². The molecule has 3 heteroatoms. The van der Waals surface area contributed by atoms with Crippen LogP contribution >= 0.6 is 0 Å². The number of hydrogen-bond donors (Lipinski definition) is 1. The molecule has 0 amide bonds. The summed E-state index contributed by atoms with van der Waals surface area (Å²) >= 11 is 0. The van der Waals surface area contributed by atoms with Crippen LogP contribution in [0.3, 0.4) is 0 Å². The second-order valence-corrected chi connectivity index (χ2v) is 5.79. The Morgan fingerprint density at radius 3 is 2.25 bits per heavy atom. The van der Waals surface area contributed by atoms with Gasteiger partial charge in [-0.1, -0.05) is 26.0 Å². The quantitative estimate of drug-likeness (QED) is 0.867. The van der Waals surface area contributed by atoms with Crippen molar-refractivity contribution in [2.45, 2.75) is 51.1 Å². The van der Waals surface area contributed by atoms with E-state index in [-0.39, 0.29) is 5.54 Å². The lowest BCUT2D eigenvalue weighted by Gasteiger charge is -2.42. The van der Waals surface area contributed by atoms with Gasteiger partial charge < -0.3 is 10.5 Å². The van der Waals surface area contributed by atoms with Crippen LogP contribution < -0.4 is 10.5 Å². The van der Waals surface area contributed by atoms with E-state index in [9.17, 15) is 0 Å². The van der Waals surface area contributed by atoms with Gasteiger partial charge in [0.05, 0.1) is 12.6 Å². The van der Waals surface area contributed by atoms with E-state index in [4.69, 9.17) is 10.5 Å². The smallest absolute Gasteiger partial charge is 0.118 e. The highest BCUT2D eigenvalue weighted by atomic mass is 16.5. The fourth-order valence-corrected chi connectivity index (χ4v) is 3.53. The molecule has 112 valence electrons. The first-order valence-corrected chi connectivity index (χ1v) is 7.83. The van der Waals surface area contributed by atoms with Crippen LogP contribution in [-0.2, 0) is 5.54 Å². The molecule has 1 aromatic carbocycles. The zero-order valence-corrected chi connectivity index (χ0v) is 13.1. The minimum atomic E-state index is -0.272. The fraction of sp³-hybridized carbons (Fsp3) is 0.647. The summed E-state index contributed by atoms with van der Waals surface area (Å²) in [5.74, 6) is 0.890. The molecule has 1 saturated heterocycles. The van der Waals surface area contributed by atoms with E-state index < -0.39 is 0 Å². The number of methoxy groups -OCH3 is 1. The van der Waals surface area contributed by atoms with Crippen molar-refractivity contribution < 1.29 is 4.74 Å². The minimum Gasteiger partial charge on any atom is -0.497 e. The third-order valence-corrected chi connectivity index (χ3v) is 4.78. The lowest BCUT2D eigenvalue weighted by Crippen LogP contribution is -2.55. The number of benzene rings is 1. The van der Waals surface area contributed by atoms with Gasteiger partial charge in [-0.05, 0) is 56.5 Å². The molecular formula is C17H28N2O. The van der Waals surface area contributed by atoms with E-state index in [1.807, 2.05) is 12.1 Å². The van der Waals surface area contributed by atoms with Gasteiger partial charge in [-0.15, -0.1) is 0 Å². The molecule has 2 N–H and O–H groups in total. The molecule has 1 heterocycles. The van der Waals surface area contributed by atoms with E-state index in [1.165, 1.54) is 31.5 Å². The number of rotatable bonds is 6. The molecule has 0 aromatic heterocycles. The minimum absolute atomic E-state index is 0.272. The number of hydrogen-bond acceptors (Lipinski definition) is 3. The van der Waals surface area contributed by atoms with E-state index in [1.54, 1.807) is 7.11 Å². The standard InChI is InChI=1S/C17H28N2O/c1-4-16(19-12-6-7-13-19)17(18,5-2)14-8-10-15(20-3)11-9-14/h8-11,16H,4-7,12-13,18H2,1-3H3. The van der Waals surface area contributed by atoms with Crippen LogP contribution in [-0.4, -0.2) is 31.1 Å². The monoisotopic (exact) mass is 276 g/mol. The van der Waals surface area contributed by atoms with Gasteiger partial charge in [0.2, 0.25) is 0 Å². The molecule has 0 radical (unpaired) electrons. The zero-order valence-electron chi connectivity index (χ0n) is 13.1. The zero-order chi connectivity index (χ0) is 14.6. The van der Waals surface area contributed by atoms with Crippen molar-refractivity contribution in [3.05, 3.63) is 29.8 Å². The molecule has 1 aliphatic heterocycles. The Hall–Kier alpha value is -1.06. The number of likely N-dealkylation sites (tertiary alicyclic amines) is 1. The van der Waals surface area contributed by atoms with Crippen molar-refractivity contribution in [1.29, 1.82) is 0 Å². The highest BCUT2D eigenvalue weighted by molar-refractivity contribution is 5.33. The number of nitrogens with zero attached hydrogens (tertiary/aromatic N) is 1. The van der Waals surface area contributed by atoms with Crippen LogP contribution in [0.15, 0.2) is 24.3 Å². The first-order valence-electron chi connectivity index (χ1n) is 7.83. The molecule has 3 nitrogen and oxygen atoms in total. The summed E-state index contributed by atoms with van der Waals surface area (Å²) in [6.07, 6.45) is 4.66. The molecule has 2 unspecified atom stereocenters. The van der Waals surface area contributed by atoms with Crippen molar-refractivity contribution in [1.82, 2.24) is 4.90 Å². The summed E-state index contributed by atoms with van der Waals surface area (Å²) in [5, 5.41) is 0. The summed E-state index contributed by atoms with van der Waals surface area (Å²) < 4.78 is 5.25. The normalized spacial score (nSPS) is 20.6. The van der Waals surface area contributed by atoms with E-state index in [0.717, 1.165) is 18.6 Å². The van der Waals surface area contributed by atoms with Gasteiger partial charge in [-0.2, -0.15) is 0 Å². The predicted octanol–water partition coefficient (Wildman–Crippen LogP) is 3.13. The summed E-state index contributed by atoms with van der Waals surface area (Å²) in [4.78, 5) is 2.58. The molecule has 0 spiro atoms. The molecule has 2 atom stereocenters. The number of ether oxygens (including phenoxy) is 1. The maximum atomic E-state index is 6.86. The molecule has 20 heavy (non-hydrogen) atoms. The molecule has 0 saturated carbocycles. The fourth-order valence-electron chi connectivity index (χ4n) is 3.53. The van der Waals surface area contributed by atoms with Gasteiger partial charge in [-0.25, -0.2) is 0 Å². The van der Waals surface area contributed by atoms with Gasteiger partial charge in [0.1, 0.15) is 5.75 Å². The Balaban J connectivity index is 2.29. The maximum absolute atomic E-state index is 6.86. The highest BCUT2D eigenvalue weighted by Crippen LogP contribution is 2.33. The average molecular weight is 276 g/mol. The second kappa shape index (κ2) is 6.59. The predicted molar refractivity (Wildman–Crippen MR) is 84.0 cm³/mol. The lowest BCUT2D eigenvalue weighted by atomic mass is 9.79. The second-order valence-electron chi connectivity index (χ2n) is 5.79. The van der Waals surface area contributed by atoms with E-state index >= 15 is 0 Å². The summed E-state index contributed by atoms with van der Waals surface area (Å²) in [6.45, 7) is 6.83. The Bertz CT molecular complexity index is 412. The van der Waals surface area contributed by atoms with Gasteiger partial charge >= 0.3 is 0 Å². The van der Waals surface area contributed by atoms with Crippen LogP contribution in [0.4, 0.5) is 0 Å². The molecular weight excluding hydrogens is 248 g/mol. The van der Waals surface area contributed by atoms with Gasteiger partial charge in [-0.3, -0.25) is 4.90 Å². The molecule has 1 fully saturated rings. The van der Waals surface area contributed by atoms with Crippen LogP contribution in [0.2, 0.25) is 0 Å². The molecule has 0 bridgehead atoms. The van der Waals surface area contributed by atoms with Gasteiger partial charge in [0.25, 0.3) is 0 Å². The Labute approximate surface area is 123 Å². The van der Waals surface area contributed by atoms with Crippen molar-refractivity contribution in [2.24, 2.45) is 5.73 Å². The van der Waals surface area contributed by atoms with Crippen molar-refractivity contribution in [3.8, 4) is 5.75 Å². The van der Waals surface area contributed by atoms with E-state index in [2.05, 4.69) is 30.9 Å². The van der Waals surface area contributed by atoms with Crippen molar-refractivity contribution in [3.63, 3.8) is 0 Å². The van der Waals surface area contributed by atoms with Gasteiger partial charge in [0.15, 0.2) is 0 Å². The molecule has 0 aliphatic carbocycles. The lowest BCUT2D eigenvalue weighted by molar-refractivity contribution is 0.136. The Morgan fingerprint density at radius 1 is 1.20 bits per heavy atom. The first-order chi connectivity index (χ1) is 9.65. The topological polar surface area (TPSA) is 38.5 Å². The maximum Gasteiger partial charge on any atom is 0.118 e. The summed E-state index contributed by atoms with van der Waals surface area (Å²) in [6, 6.07) is 8.71. The molecule has 1 aromatic rings. The van der Waals surface area contributed by atoms with Crippen molar-refractivity contribution >= 4 is 0 Å². The molecule has 2 rings (SSSR count). The van der Waals surface area contributed by atoms with Crippen LogP contribution in [0.5, 0.6) is 5.75 Å². The number of nitrogens with two attached hydrogens (primary N) is 1.